The third-order valence-electron chi connectivity index (χ3n) is 5.54. The molecule has 3 aromatic heterocycles. The van der Waals surface area contributed by atoms with Gasteiger partial charge in [0.15, 0.2) is 13.2 Å². The molecule has 8 bridgehead atoms. The summed E-state index contributed by atoms with van der Waals surface area (Å²) in [5.41, 5.74) is 0.798. The van der Waals surface area contributed by atoms with Crippen LogP contribution in [0.15, 0.2) is 36.4 Å². The second kappa shape index (κ2) is 10.0. The second-order valence-corrected chi connectivity index (χ2v) is 8.59. The molecule has 40 heavy (non-hydrogen) atoms. The maximum absolute atomic E-state index is 12.8. The third kappa shape index (κ3) is 6.06. The number of ether oxygens (including phenoxy) is 2. The molecule has 0 atom stereocenters. The van der Waals surface area contributed by atoms with Gasteiger partial charge in [0.05, 0.1) is 33.8 Å². The minimum Gasteiger partial charge on any atom is -0.452 e. The smallest absolute Gasteiger partial charge is 0.422 e. The van der Waals surface area contributed by atoms with Crippen LogP contribution in [-0.4, -0.2) is 57.4 Å². The van der Waals surface area contributed by atoms with Gasteiger partial charge in [0.2, 0.25) is 0 Å². The molecule has 206 valence electrons. The molecule has 2 aliphatic rings. The second-order valence-electron chi connectivity index (χ2n) is 8.59. The first-order valence-corrected chi connectivity index (χ1v) is 11.4. The van der Waals surface area contributed by atoms with Crippen LogP contribution in [-0.2, 0) is 9.47 Å². The molecule has 2 aliphatic heterocycles. The molecule has 0 aromatic carbocycles. The summed E-state index contributed by atoms with van der Waals surface area (Å²) >= 11 is 0. The van der Waals surface area contributed by atoms with Gasteiger partial charge in [-0.05, 0) is 60.7 Å². The Kier molecular flexibility index (Phi) is 6.69. The minimum atomic E-state index is -4.81. The van der Waals surface area contributed by atoms with Crippen molar-refractivity contribution in [3.8, 4) is 0 Å². The molecule has 3 aromatic rings. The van der Waals surface area contributed by atoms with Gasteiger partial charge in [-0.1, -0.05) is 0 Å². The van der Waals surface area contributed by atoms with Crippen LogP contribution < -0.4 is 0 Å². The number of rotatable bonds is 4. The minimum absolute atomic E-state index is 0.0388. The molecule has 14 heteroatoms. The highest BCUT2D eigenvalue weighted by atomic mass is 19.4. The highest BCUT2D eigenvalue weighted by molar-refractivity contribution is 6.04. The number of alkyl halides is 6. The molecular formula is C26H16F6N4O4. The fourth-order valence-electron chi connectivity index (χ4n) is 3.94. The van der Waals surface area contributed by atoms with E-state index in [1.165, 1.54) is 24.3 Å². The summed E-state index contributed by atoms with van der Waals surface area (Å²) < 4.78 is 85.6. The topological polar surface area (TPSA) is 110 Å². The largest absolute Gasteiger partial charge is 0.452 e. The predicted molar refractivity (Wildman–Crippen MR) is 132 cm³/mol. The molecular weight excluding hydrogens is 546 g/mol. The molecule has 0 fully saturated rings. The Hall–Kier alpha value is -4.88. The Balaban J connectivity index is 1.79. The van der Waals surface area contributed by atoms with Crippen LogP contribution in [0.3, 0.4) is 0 Å². The Morgan fingerprint density at radius 1 is 0.650 bits per heavy atom. The van der Waals surface area contributed by atoms with E-state index in [0.29, 0.717) is 22.4 Å². The number of hydrogen-bond acceptors (Lipinski definition) is 6. The summed E-state index contributed by atoms with van der Waals surface area (Å²) in [5, 5.41) is 0. The van der Waals surface area contributed by atoms with Gasteiger partial charge in [0, 0.05) is 11.0 Å². The first-order chi connectivity index (χ1) is 18.8. The molecule has 0 unspecified atom stereocenters. The molecule has 5 rings (SSSR count). The van der Waals surface area contributed by atoms with Crippen molar-refractivity contribution >= 4 is 58.3 Å². The highest BCUT2D eigenvalue weighted by Gasteiger charge is 2.32. The zero-order valence-electron chi connectivity index (χ0n) is 20.0. The van der Waals surface area contributed by atoms with Gasteiger partial charge >= 0.3 is 24.3 Å². The van der Waals surface area contributed by atoms with Crippen molar-refractivity contribution in [1.29, 1.82) is 0 Å². The number of aromatic amines is 2. The molecule has 0 radical (unpaired) electrons. The van der Waals surface area contributed by atoms with Gasteiger partial charge < -0.3 is 19.4 Å². The van der Waals surface area contributed by atoms with Gasteiger partial charge in [-0.3, -0.25) is 0 Å². The standard InChI is InChI=1S/C26H16F6N4O4/c27-25(28,29)11-39-23(37)21-17-5-3-15(34-17)9-13-1-2-14(33-13)10-16-4-6-18(35-16)22(20-8-7-19(21)36-20)24(38)40-12-26(30,31)32/h1-10,34-35H,11-12H2. The fourth-order valence-corrected chi connectivity index (χ4v) is 3.94. The Labute approximate surface area is 220 Å². The molecule has 0 amide bonds. The zero-order valence-corrected chi connectivity index (χ0v) is 20.0. The molecule has 5 heterocycles. The summed E-state index contributed by atoms with van der Waals surface area (Å²) in [7, 11) is 0. The summed E-state index contributed by atoms with van der Waals surface area (Å²) in [6, 6.07) is 9.20. The van der Waals surface area contributed by atoms with Gasteiger partial charge in [-0.2, -0.15) is 26.3 Å². The van der Waals surface area contributed by atoms with Crippen molar-refractivity contribution in [1.82, 2.24) is 19.9 Å². The van der Waals surface area contributed by atoms with Gasteiger partial charge in [-0.25, -0.2) is 19.6 Å². The van der Waals surface area contributed by atoms with Crippen LogP contribution in [0.5, 0.6) is 0 Å². The monoisotopic (exact) mass is 562 g/mol. The molecule has 2 N–H and O–H groups in total. The van der Waals surface area contributed by atoms with Gasteiger partial charge in [-0.15, -0.1) is 0 Å². The third-order valence-corrected chi connectivity index (χ3v) is 5.54. The van der Waals surface area contributed by atoms with E-state index < -0.39 is 48.6 Å². The number of hydrogen-bond donors (Lipinski definition) is 2. The van der Waals surface area contributed by atoms with Gasteiger partial charge in [0.1, 0.15) is 11.1 Å². The lowest BCUT2D eigenvalue weighted by Crippen LogP contribution is -2.21. The van der Waals surface area contributed by atoms with Crippen molar-refractivity contribution in [3.63, 3.8) is 0 Å². The van der Waals surface area contributed by atoms with E-state index >= 15 is 0 Å². The maximum atomic E-state index is 12.8. The number of fused-ring (bicyclic) bond motifs is 8. The summed E-state index contributed by atoms with van der Waals surface area (Å²) in [4.78, 5) is 40.1. The first kappa shape index (κ1) is 26.7. The highest BCUT2D eigenvalue weighted by Crippen LogP contribution is 2.26. The zero-order chi connectivity index (χ0) is 28.7. The first-order valence-electron chi connectivity index (χ1n) is 11.4. The van der Waals surface area contributed by atoms with Crippen molar-refractivity contribution in [2.75, 3.05) is 13.2 Å². The van der Waals surface area contributed by atoms with Crippen LogP contribution in [0.4, 0.5) is 26.3 Å². The number of aromatic nitrogens is 4. The van der Waals surface area contributed by atoms with Gasteiger partial charge in [0.25, 0.3) is 0 Å². The summed E-state index contributed by atoms with van der Waals surface area (Å²) in [6.45, 7) is -3.74. The number of carbonyl (C=O) groups excluding carboxylic acids is 2. The van der Waals surface area contributed by atoms with E-state index in [1.807, 2.05) is 0 Å². The van der Waals surface area contributed by atoms with Crippen LogP contribution in [0, 0.1) is 0 Å². The van der Waals surface area contributed by atoms with Crippen LogP contribution in [0.2, 0.25) is 0 Å². The van der Waals surface area contributed by atoms with E-state index in [0.717, 1.165) is 0 Å². The maximum Gasteiger partial charge on any atom is 0.422 e. The Bertz CT molecular complexity index is 1610. The number of nitrogens with one attached hydrogen (secondary N) is 2. The number of esters is 2. The quantitative estimate of drug-likeness (QED) is 0.203. The van der Waals surface area contributed by atoms with E-state index in [9.17, 15) is 35.9 Å². The van der Waals surface area contributed by atoms with E-state index in [4.69, 9.17) is 0 Å². The van der Waals surface area contributed by atoms with E-state index in [2.05, 4.69) is 29.4 Å². The van der Waals surface area contributed by atoms with Crippen molar-refractivity contribution in [2.45, 2.75) is 12.4 Å². The molecule has 8 nitrogen and oxygen atoms in total. The average molecular weight is 562 g/mol. The predicted octanol–water partition coefficient (Wildman–Crippen LogP) is 6.09. The SMILES string of the molecule is O=C(OCC(F)(F)F)c1c2nc(c(C(=O)OCC(F)(F)F)c3ccc(cc4nc(cc5ccc1[nH]5)C=C4)[nH]3)C=C2. The van der Waals surface area contributed by atoms with Crippen molar-refractivity contribution < 1.29 is 45.4 Å². The number of halogens is 6. The van der Waals surface area contributed by atoms with Crippen LogP contribution in [0.25, 0.3) is 46.4 Å². The summed E-state index contributed by atoms with van der Waals surface area (Å²) in [6.07, 6.45) is -3.79. The molecule has 0 aliphatic carbocycles. The number of carbonyl (C=O) groups is 2. The molecule has 0 saturated carbocycles. The Morgan fingerprint density at radius 2 is 1.07 bits per heavy atom. The van der Waals surface area contributed by atoms with Crippen LogP contribution in [0.1, 0.15) is 43.5 Å². The summed E-state index contributed by atoms with van der Waals surface area (Å²) in [5.74, 6) is -2.74. The molecule has 0 saturated heterocycles. The number of H-pyrrole nitrogens is 2. The van der Waals surface area contributed by atoms with E-state index in [1.54, 1.807) is 36.4 Å². The van der Waals surface area contributed by atoms with E-state index in [-0.39, 0.29) is 22.4 Å². The fraction of sp³-hybridized carbons (Fsp3) is 0.154. The van der Waals surface area contributed by atoms with Crippen molar-refractivity contribution in [3.05, 3.63) is 70.3 Å². The normalized spacial score (nSPS) is 12.9. The lowest BCUT2D eigenvalue weighted by molar-refractivity contribution is -0.161. The lowest BCUT2D eigenvalue weighted by atomic mass is 10.2. The molecule has 0 spiro atoms. The Morgan fingerprint density at radius 3 is 1.48 bits per heavy atom. The average Bonchev–Trinajstić information content (AvgIpc) is 3.66. The van der Waals surface area contributed by atoms with Crippen LogP contribution >= 0.6 is 0 Å². The lowest BCUT2D eigenvalue weighted by Gasteiger charge is -2.09. The van der Waals surface area contributed by atoms with Crippen molar-refractivity contribution in [2.24, 2.45) is 0 Å². The number of nitrogens with zero attached hydrogens (tertiary/aromatic N) is 2.